The molecule has 1 fully saturated rings. The van der Waals surface area contributed by atoms with E-state index in [9.17, 15) is 0 Å². The number of morpholine rings is 1. The van der Waals surface area contributed by atoms with Gasteiger partial charge in [0, 0.05) is 24.1 Å². The molecule has 17 heavy (non-hydrogen) atoms. The van der Waals surface area contributed by atoms with Crippen LogP contribution in [0.25, 0.3) is 0 Å². The third kappa shape index (κ3) is 3.76. The predicted octanol–water partition coefficient (Wildman–Crippen LogP) is 1.29. The van der Waals surface area contributed by atoms with Crippen molar-refractivity contribution in [2.45, 2.75) is 6.04 Å². The highest BCUT2D eigenvalue weighted by atomic mass is 79.9. The maximum Gasteiger partial charge on any atom is 0.0608 e. The highest BCUT2D eigenvalue weighted by Gasteiger charge is 2.15. The number of nitrogens with two attached hydrogens (primary N) is 1. The predicted molar refractivity (Wildman–Crippen MR) is 71.5 cm³/mol. The largest absolute Gasteiger partial charge is 0.379 e. The SMILES string of the molecule is NCC(NN1CCOCC1)c1ccc(Br)cc1. The molecule has 2 rings (SSSR count). The lowest BCUT2D eigenvalue weighted by molar-refractivity contribution is 0.00405. The minimum atomic E-state index is 0.168. The first-order valence-electron chi connectivity index (χ1n) is 5.84. The number of hydrogen-bond donors (Lipinski definition) is 2. The average molecular weight is 300 g/mol. The number of ether oxygens (including phenoxy) is 1. The maximum atomic E-state index is 5.83. The van der Waals surface area contributed by atoms with Gasteiger partial charge in [-0.1, -0.05) is 28.1 Å². The maximum absolute atomic E-state index is 5.83. The Kier molecular flexibility index (Phi) is 4.94. The lowest BCUT2D eigenvalue weighted by atomic mass is 10.1. The summed E-state index contributed by atoms with van der Waals surface area (Å²) in [6.45, 7) is 3.97. The Morgan fingerprint density at radius 1 is 1.29 bits per heavy atom. The van der Waals surface area contributed by atoms with Gasteiger partial charge in [0.15, 0.2) is 0 Å². The monoisotopic (exact) mass is 299 g/mol. The number of nitrogens with zero attached hydrogens (tertiary/aromatic N) is 1. The van der Waals surface area contributed by atoms with Crippen LogP contribution in [0.5, 0.6) is 0 Å². The van der Waals surface area contributed by atoms with E-state index < -0.39 is 0 Å². The highest BCUT2D eigenvalue weighted by Crippen LogP contribution is 2.16. The van der Waals surface area contributed by atoms with Crippen molar-refractivity contribution < 1.29 is 4.74 Å². The summed E-state index contributed by atoms with van der Waals surface area (Å²) in [6.07, 6.45) is 0. The normalized spacial score (nSPS) is 19.2. The average Bonchev–Trinajstić information content (AvgIpc) is 2.38. The van der Waals surface area contributed by atoms with E-state index in [2.05, 4.69) is 38.5 Å². The van der Waals surface area contributed by atoms with Crippen LogP contribution in [0.1, 0.15) is 11.6 Å². The van der Waals surface area contributed by atoms with Crippen molar-refractivity contribution in [1.82, 2.24) is 10.4 Å². The number of nitrogens with one attached hydrogen (secondary N) is 1. The molecule has 0 saturated carbocycles. The van der Waals surface area contributed by atoms with Crippen LogP contribution in [0, 0.1) is 0 Å². The Hall–Kier alpha value is -0.460. The Balaban J connectivity index is 1.97. The first kappa shape index (κ1) is 13.0. The Labute approximate surface area is 110 Å². The molecule has 4 nitrogen and oxygen atoms in total. The summed E-state index contributed by atoms with van der Waals surface area (Å²) >= 11 is 3.44. The fourth-order valence-corrected chi connectivity index (χ4v) is 2.14. The zero-order valence-electron chi connectivity index (χ0n) is 9.73. The van der Waals surface area contributed by atoms with Gasteiger partial charge in [-0.3, -0.25) is 0 Å². The van der Waals surface area contributed by atoms with Crippen LogP contribution in [-0.4, -0.2) is 37.9 Å². The molecule has 1 aromatic rings. The van der Waals surface area contributed by atoms with Crippen molar-refractivity contribution in [3.63, 3.8) is 0 Å². The number of hydrogen-bond acceptors (Lipinski definition) is 4. The third-order valence-electron chi connectivity index (χ3n) is 2.86. The van der Waals surface area contributed by atoms with Crippen molar-refractivity contribution >= 4 is 15.9 Å². The van der Waals surface area contributed by atoms with Gasteiger partial charge in [-0.2, -0.15) is 0 Å². The minimum Gasteiger partial charge on any atom is -0.379 e. The van der Waals surface area contributed by atoms with E-state index in [0.29, 0.717) is 6.54 Å². The summed E-state index contributed by atoms with van der Waals surface area (Å²) in [5.41, 5.74) is 10.5. The van der Waals surface area contributed by atoms with E-state index in [0.717, 1.165) is 30.8 Å². The van der Waals surface area contributed by atoms with Crippen molar-refractivity contribution in [3.8, 4) is 0 Å². The third-order valence-corrected chi connectivity index (χ3v) is 3.39. The summed E-state index contributed by atoms with van der Waals surface area (Å²) in [5, 5.41) is 2.18. The number of hydrazine groups is 1. The summed E-state index contributed by atoms with van der Waals surface area (Å²) in [7, 11) is 0. The first-order valence-corrected chi connectivity index (χ1v) is 6.63. The van der Waals surface area contributed by atoms with Crippen molar-refractivity contribution in [2.24, 2.45) is 5.73 Å². The van der Waals surface area contributed by atoms with Crippen LogP contribution in [0.2, 0.25) is 0 Å². The molecule has 0 spiro atoms. The van der Waals surface area contributed by atoms with Gasteiger partial charge in [-0.05, 0) is 17.7 Å². The van der Waals surface area contributed by atoms with Gasteiger partial charge in [0.2, 0.25) is 0 Å². The lowest BCUT2D eigenvalue weighted by Gasteiger charge is -2.31. The smallest absolute Gasteiger partial charge is 0.0608 e. The second-order valence-corrected chi connectivity index (χ2v) is 4.98. The molecule has 1 saturated heterocycles. The van der Waals surface area contributed by atoms with E-state index >= 15 is 0 Å². The van der Waals surface area contributed by atoms with E-state index in [4.69, 9.17) is 10.5 Å². The van der Waals surface area contributed by atoms with Crippen LogP contribution in [0.3, 0.4) is 0 Å². The Morgan fingerprint density at radius 2 is 1.94 bits per heavy atom. The van der Waals surface area contributed by atoms with E-state index in [1.54, 1.807) is 0 Å². The molecule has 0 aromatic heterocycles. The first-order chi connectivity index (χ1) is 8.29. The molecule has 3 N–H and O–H groups in total. The Bertz CT molecular complexity index is 338. The summed E-state index contributed by atoms with van der Waals surface area (Å²) in [5.74, 6) is 0. The van der Waals surface area contributed by atoms with Crippen LogP contribution < -0.4 is 11.2 Å². The minimum absolute atomic E-state index is 0.168. The van der Waals surface area contributed by atoms with Crippen molar-refractivity contribution in [3.05, 3.63) is 34.3 Å². The van der Waals surface area contributed by atoms with Crippen LogP contribution in [-0.2, 0) is 4.74 Å². The molecule has 0 radical (unpaired) electrons. The fourth-order valence-electron chi connectivity index (χ4n) is 1.87. The quantitative estimate of drug-likeness (QED) is 0.880. The molecule has 94 valence electrons. The van der Waals surface area contributed by atoms with Gasteiger partial charge < -0.3 is 10.5 Å². The molecule has 0 aliphatic carbocycles. The fraction of sp³-hybridized carbons (Fsp3) is 0.500. The molecule has 1 atom stereocenters. The van der Waals surface area contributed by atoms with Gasteiger partial charge in [0.05, 0.1) is 19.3 Å². The van der Waals surface area contributed by atoms with E-state index in [1.807, 2.05) is 12.1 Å². The van der Waals surface area contributed by atoms with Crippen LogP contribution in [0.4, 0.5) is 0 Å². The van der Waals surface area contributed by atoms with E-state index in [-0.39, 0.29) is 6.04 Å². The van der Waals surface area contributed by atoms with Gasteiger partial charge in [-0.25, -0.2) is 10.4 Å². The molecule has 5 heteroatoms. The number of benzene rings is 1. The van der Waals surface area contributed by atoms with Gasteiger partial charge in [0.1, 0.15) is 0 Å². The Morgan fingerprint density at radius 3 is 2.53 bits per heavy atom. The van der Waals surface area contributed by atoms with Crippen molar-refractivity contribution in [1.29, 1.82) is 0 Å². The zero-order chi connectivity index (χ0) is 12.1. The highest BCUT2D eigenvalue weighted by molar-refractivity contribution is 9.10. The van der Waals surface area contributed by atoms with Gasteiger partial charge >= 0.3 is 0 Å². The summed E-state index contributed by atoms with van der Waals surface area (Å²) in [6, 6.07) is 8.43. The van der Waals surface area contributed by atoms with Crippen LogP contribution >= 0.6 is 15.9 Å². The zero-order valence-corrected chi connectivity index (χ0v) is 11.3. The topological polar surface area (TPSA) is 50.5 Å². The second kappa shape index (κ2) is 6.47. The molecular weight excluding hydrogens is 282 g/mol. The molecule has 1 heterocycles. The molecule has 1 aliphatic rings. The lowest BCUT2D eigenvalue weighted by Crippen LogP contribution is -2.48. The number of rotatable bonds is 4. The molecule has 0 bridgehead atoms. The standard InChI is InChI=1S/C12H18BrN3O/c13-11-3-1-10(2-4-11)12(9-14)15-16-5-7-17-8-6-16/h1-4,12,15H,5-9,14H2. The molecule has 0 amide bonds. The van der Waals surface area contributed by atoms with E-state index in [1.165, 1.54) is 5.56 Å². The van der Waals surface area contributed by atoms with Crippen molar-refractivity contribution in [2.75, 3.05) is 32.8 Å². The molecule has 1 aromatic carbocycles. The van der Waals surface area contributed by atoms with Crippen LogP contribution in [0.15, 0.2) is 28.7 Å². The number of halogens is 1. The molecular formula is C12H18BrN3O. The summed E-state index contributed by atoms with van der Waals surface area (Å²) in [4.78, 5) is 0. The molecule has 1 unspecified atom stereocenters. The second-order valence-electron chi connectivity index (χ2n) is 4.07. The molecule has 1 aliphatic heterocycles. The summed E-state index contributed by atoms with van der Waals surface area (Å²) < 4.78 is 6.40. The van der Waals surface area contributed by atoms with Gasteiger partial charge in [0.25, 0.3) is 0 Å². The van der Waals surface area contributed by atoms with Gasteiger partial charge in [-0.15, -0.1) is 0 Å².